The van der Waals surface area contributed by atoms with Gasteiger partial charge in [-0.05, 0) is 44.0 Å². The van der Waals surface area contributed by atoms with Crippen molar-refractivity contribution in [2.24, 2.45) is 0 Å². The molecule has 0 saturated heterocycles. The molecule has 0 radical (unpaired) electrons. The molecule has 7 heteroatoms. The van der Waals surface area contributed by atoms with Crippen molar-refractivity contribution in [1.29, 1.82) is 0 Å². The quantitative estimate of drug-likeness (QED) is 0.202. The second kappa shape index (κ2) is 14.1. The summed E-state index contributed by atoms with van der Waals surface area (Å²) in [5, 5.41) is 5.49. The lowest BCUT2D eigenvalue weighted by Gasteiger charge is -2.29. The number of allylic oxidation sites excluding steroid dienone is 1. The Balaban J connectivity index is 0.00000235. The second-order valence-electron chi connectivity index (χ2n) is 8.68. The normalized spacial score (nSPS) is 12.6. The minimum atomic E-state index is -1.48. The van der Waals surface area contributed by atoms with Gasteiger partial charge in [-0.3, -0.25) is 5.32 Å². The fourth-order valence-corrected chi connectivity index (χ4v) is 4.24. The standard InChI is InChI=1S/C28H30ClF3N2O.C2H6/c1-5-28(3,13-7-8-18-9-11-20(33-6-2)17-26(18)35-4)22-14-19(29)10-12-25(22)34-21-15-23(30)27(32)24(31)16-21;1-2/h7-12,14-17,33-34H,5-6,13H2,1-4H3;1-2H3/p+1/b8-7+;. The number of benzene rings is 3. The molecule has 0 fully saturated rings. The number of quaternary nitrogens is 1. The lowest BCUT2D eigenvalue weighted by atomic mass is 9.76. The molecule has 0 bridgehead atoms. The average molecular weight is 534 g/mol. The van der Waals surface area contributed by atoms with Crippen LogP contribution in [0.2, 0.25) is 5.02 Å². The number of nitrogens with one attached hydrogen (secondary N) is 1. The molecular formula is C30H37ClF3N2O+. The molecular weight excluding hydrogens is 497 g/mol. The van der Waals surface area contributed by atoms with Gasteiger partial charge in [0, 0.05) is 58.1 Å². The number of hydrogen-bond donors (Lipinski definition) is 2. The largest absolute Gasteiger partial charge is 0.496 e. The van der Waals surface area contributed by atoms with Crippen molar-refractivity contribution in [3.63, 3.8) is 0 Å². The van der Waals surface area contributed by atoms with E-state index in [1.807, 2.05) is 57.2 Å². The summed E-state index contributed by atoms with van der Waals surface area (Å²) in [5.41, 5.74) is 3.59. The Morgan fingerprint density at radius 2 is 1.68 bits per heavy atom. The van der Waals surface area contributed by atoms with Gasteiger partial charge in [-0.15, -0.1) is 0 Å². The molecule has 0 aliphatic heterocycles. The van der Waals surface area contributed by atoms with E-state index in [1.54, 1.807) is 18.5 Å². The van der Waals surface area contributed by atoms with E-state index in [1.165, 1.54) is 0 Å². The van der Waals surface area contributed by atoms with Crippen LogP contribution in [0.15, 0.2) is 54.6 Å². The van der Waals surface area contributed by atoms with Crippen molar-refractivity contribution < 1.29 is 23.2 Å². The third-order valence-corrected chi connectivity index (χ3v) is 6.49. The van der Waals surface area contributed by atoms with E-state index in [-0.39, 0.29) is 11.1 Å². The van der Waals surface area contributed by atoms with Crippen LogP contribution >= 0.6 is 11.6 Å². The summed E-state index contributed by atoms with van der Waals surface area (Å²) >= 11 is 6.34. The highest BCUT2D eigenvalue weighted by molar-refractivity contribution is 6.30. The minimum Gasteiger partial charge on any atom is -0.496 e. The molecule has 0 amide bonds. The molecule has 200 valence electrons. The first-order valence-corrected chi connectivity index (χ1v) is 13.0. The van der Waals surface area contributed by atoms with Gasteiger partial charge in [-0.1, -0.05) is 51.4 Å². The zero-order chi connectivity index (χ0) is 27.6. The number of hydrogen-bond acceptors (Lipinski definition) is 2. The van der Waals surface area contributed by atoms with Crippen LogP contribution in [0.1, 0.15) is 58.6 Å². The van der Waals surface area contributed by atoms with Crippen molar-refractivity contribution in [1.82, 2.24) is 0 Å². The van der Waals surface area contributed by atoms with E-state index in [9.17, 15) is 13.2 Å². The van der Waals surface area contributed by atoms with Crippen LogP contribution < -0.4 is 15.4 Å². The summed E-state index contributed by atoms with van der Waals surface area (Å²) < 4.78 is 46.5. The molecule has 1 atom stereocenters. The third kappa shape index (κ3) is 7.76. The molecule has 0 heterocycles. The smallest absolute Gasteiger partial charge is 0.194 e. The zero-order valence-electron chi connectivity index (χ0n) is 22.4. The van der Waals surface area contributed by atoms with Crippen LogP contribution in [0.4, 0.5) is 30.2 Å². The molecule has 0 aliphatic rings. The Labute approximate surface area is 223 Å². The molecule has 3 aromatic carbocycles. The first-order chi connectivity index (χ1) is 17.7. The lowest BCUT2D eigenvalue weighted by molar-refractivity contribution is -0.479. The van der Waals surface area contributed by atoms with E-state index < -0.39 is 17.5 Å². The lowest BCUT2D eigenvalue weighted by Crippen LogP contribution is -2.72. The van der Waals surface area contributed by atoms with Crippen molar-refractivity contribution in [3.8, 4) is 5.75 Å². The Hall–Kier alpha value is -2.96. The number of rotatable bonds is 10. The monoisotopic (exact) mass is 533 g/mol. The molecule has 3 aromatic rings. The van der Waals surface area contributed by atoms with Crippen LogP contribution in [0.5, 0.6) is 5.75 Å². The molecule has 3 rings (SSSR count). The van der Waals surface area contributed by atoms with E-state index in [0.29, 0.717) is 11.4 Å². The highest BCUT2D eigenvalue weighted by Crippen LogP contribution is 2.37. The topological polar surface area (TPSA) is 37.9 Å². The van der Waals surface area contributed by atoms with Crippen LogP contribution in [-0.2, 0) is 5.41 Å². The molecule has 3 N–H and O–H groups in total. The molecule has 0 saturated carbocycles. The van der Waals surface area contributed by atoms with E-state index >= 15 is 0 Å². The molecule has 3 nitrogen and oxygen atoms in total. The molecule has 0 aliphatic carbocycles. The van der Waals surface area contributed by atoms with Crippen molar-refractivity contribution in [2.75, 3.05) is 19.0 Å². The summed E-state index contributed by atoms with van der Waals surface area (Å²) in [5.74, 6) is -3.14. The predicted molar refractivity (Wildman–Crippen MR) is 149 cm³/mol. The highest BCUT2D eigenvalue weighted by Gasteiger charge is 2.29. The maximum Gasteiger partial charge on any atom is 0.194 e. The van der Waals surface area contributed by atoms with Crippen LogP contribution in [-0.4, -0.2) is 13.7 Å². The fourth-order valence-electron chi connectivity index (χ4n) is 4.07. The van der Waals surface area contributed by atoms with Gasteiger partial charge < -0.3 is 10.1 Å². The SMILES string of the molecule is CC.CCNc1ccc(/C=C/CC(C)(CC)c2cc(Cl)ccc2[NH2+]c2cc(F)c(F)c(F)c2)c(OC)c1. The maximum atomic E-state index is 13.8. The number of ether oxygens (including phenoxy) is 1. The van der Waals surface area contributed by atoms with Crippen molar-refractivity contribution in [2.45, 2.75) is 52.9 Å². The summed E-state index contributed by atoms with van der Waals surface area (Å²) in [7, 11) is 1.65. The Morgan fingerprint density at radius 3 is 2.27 bits per heavy atom. The first-order valence-electron chi connectivity index (χ1n) is 12.6. The van der Waals surface area contributed by atoms with E-state index in [0.717, 1.165) is 53.3 Å². The van der Waals surface area contributed by atoms with E-state index in [2.05, 4.69) is 25.2 Å². The van der Waals surface area contributed by atoms with Gasteiger partial charge >= 0.3 is 0 Å². The van der Waals surface area contributed by atoms with Crippen LogP contribution in [0.25, 0.3) is 6.08 Å². The van der Waals surface area contributed by atoms with Gasteiger partial charge in [-0.2, -0.15) is 0 Å². The van der Waals surface area contributed by atoms with Gasteiger partial charge in [0.25, 0.3) is 0 Å². The summed E-state index contributed by atoms with van der Waals surface area (Å²) in [6.07, 6.45) is 5.60. The number of anilines is 1. The highest BCUT2D eigenvalue weighted by atomic mass is 35.5. The van der Waals surface area contributed by atoms with Gasteiger partial charge in [0.05, 0.1) is 7.11 Å². The van der Waals surface area contributed by atoms with Gasteiger partial charge in [0.15, 0.2) is 17.5 Å². The third-order valence-electron chi connectivity index (χ3n) is 6.25. The number of halogens is 4. The fraction of sp³-hybridized carbons (Fsp3) is 0.333. The molecule has 37 heavy (non-hydrogen) atoms. The van der Waals surface area contributed by atoms with E-state index in [4.69, 9.17) is 16.3 Å². The maximum absolute atomic E-state index is 13.8. The summed E-state index contributed by atoms with van der Waals surface area (Å²) in [6.45, 7) is 11.1. The van der Waals surface area contributed by atoms with Gasteiger partial charge in [0.1, 0.15) is 17.1 Å². The zero-order valence-corrected chi connectivity index (χ0v) is 23.1. The Bertz CT molecular complexity index is 1190. The van der Waals surface area contributed by atoms with Crippen LogP contribution in [0, 0.1) is 17.5 Å². The summed E-state index contributed by atoms with van der Waals surface area (Å²) in [6, 6.07) is 13.4. The summed E-state index contributed by atoms with van der Waals surface area (Å²) in [4.78, 5) is 0. The number of methoxy groups -OCH3 is 1. The number of nitrogens with two attached hydrogens (primary N) is 1. The Morgan fingerprint density at radius 1 is 1.00 bits per heavy atom. The first kappa shape index (κ1) is 30.3. The Kier molecular flexibility index (Phi) is 11.5. The molecule has 0 spiro atoms. The second-order valence-corrected chi connectivity index (χ2v) is 9.12. The molecule has 1 unspecified atom stereocenters. The van der Waals surface area contributed by atoms with Crippen molar-refractivity contribution in [3.05, 3.63) is 88.2 Å². The minimum absolute atomic E-state index is 0.240. The van der Waals surface area contributed by atoms with Crippen LogP contribution in [0.3, 0.4) is 0 Å². The predicted octanol–water partition coefficient (Wildman–Crippen LogP) is 8.52. The van der Waals surface area contributed by atoms with Gasteiger partial charge in [-0.25, -0.2) is 13.2 Å². The van der Waals surface area contributed by atoms with Crippen molar-refractivity contribution >= 4 is 34.7 Å². The average Bonchev–Trinajstić information content (AvgIpc) is 2.90. The van der Waals surface area contributed by atoms with Gasteiger partial charge in [0.2, 0.25) is 0 Å². The molecule has 0 aromatic heterocycles.